The summed E-state index contributed by atoms with van der Waals surface area (Å²) < 4.78 is 32.8. The Labute approximate surface area is 365 Å². The predicted molar refractivity (Wildman–Crippen MR) is 249 cm³/mol. The van der Waals surface area contributed by atoms with Crippen molar-refractivity contribution in [2.24, 2.45) is 0 Å². The summed E-state index contributed by atoms with van der Waals surface area (Å²) in [6.45, 7) is 5.53. The number of esters is 2. The van der Waals surface area contributed by atoms with Crippen LogP contribution in [0.5, 0.6) is 0 Å². The van der Waals surface area contributed by atoms with E-state index in [4.69, 9.17) is 18.5 Å². The molecule has 0 spiro atoms. The molecule has 0 rings (SSSR count). The van der Waals surface area contributed by atoms with Crippen LogP contribution >= 0.6 is 7.82 Å². The highest BCUT2D eigenvalue weighted by Crippen LogP contribution is 2.43. The van der Waals surface area contributed by atoms with Crippen molar-refractivity contribution in [3.8, 4) is 0 Å². The number of ether oxygens (including phenoxy) is 2. The van der Waals surface area contributed by atoms with Gasteiger partial charge < -0.3 is 14.4 Å². The molecule has 0 radical (unpaired) electrons. The third-order valence-electron chi connectivity index (χ3n) is 11.3. The van der Waals surface area contributed by atoms with Gasteiger partial charge >= 0.3 is 19.8 Å². The Kier molecular flexibility index (Phi) is 45.3. The molecule has 350 valence electrons. The van der Waals surface area contributed by atoms with Crippen LogP contribution in [0.1, 0.15) is 271 Å². The lowest BCUT2D eigenvalue weighted by atomic mass is 10.0. The third kappa shape index (κ3) is 46.1. The summed E-state index contributed by atoms with van der Waals surface area (Å²) in [5.41, 5.74) is 0. The number of phosphoric ester groups is 1. The van der Waals surface area contributed by atoms with Gasteiger partial charge in [0.2, 0.25) is 0 Å². The Hall–Kier alpha value is -1.21. The minimum Gasteiger partial charge on any atom is -0.462 e. The summed E-state index contributed by atoms with van der Waals surface area (Å²) in [5, 5.41) is 0. The van der Waals surface area contributed by atoms with Gasteiger partial charge in [0.25, 0.3) is 0 Å². The van der Waals surface area contributed by atoms with E-state index in [1.54, 1.807) is 6.92 Å². The normalized spacial score (nSPS) is 13.2. The van der Waals surface area contributed by atoms with Crippen LogP contribution in [0.25, 0.3) is 0 Å². The Balaban J connectivity index is 3.94. The molecule has 0 aromatic rings. The van der Waals surface area contributed by atoms with Crippen LogP contribution in [0, 0.1) is 0 Å². The van der Waals surface area contributed by atoms with Crippen LogP contribution in [0.15, 0.2) is 12.2 Å². The van der Waals surface area contributed by atoms with E-state index < -0.39 is 19.9 Å². The molecule has 0 aliphatic rings. The maximum Gasteiger partial charge on any atom is 0.472 e. The lowest BCUT2D eigenvalue weighted by Crippen LogP contribution is -2.29. The van der Waals surface area contributed by atoms with Crippen LogP contribution in [0.3, 0.4) is 0 Å². The highest BCUT2D eigenvalue weighted by molar-refractivity contribution is 7.47. The maximum atomic E-state index is 12.6. The molecular formula is C50H97O8P. The number of hydrogen-bond donors (Lipinski definition) is 1. The van der Waals surface area contributed by atoms with E-state index in [1.807, 2.05) is 0 Å². The number of carbonyl (C=O) groups excluding carboxylic acids is 2. The standard InChI is InChI=1S/C50H97O8P/c1-4-7-9-11-13-15-17-19-21-23-25-26-27-29-30-32-34-36-38-40-42-44-49(51)55-46-48(47-57-59(53,54)56-6-3)58-50(52)45-43-41-39-37-35-33-31-28-24-22-20-18-16-14-12-10-8-5-2/h22,24,48H,4-21,23,25-47H2,1-3H3,(H,53,54)/b24-22-. The Morgan fingerprint density at radius 3 is 1.12 bits per heavy atom. The molecule has 0 saturated heterocycles. The molecule has 1 N–H and O–H groups in total. The Morgan fingerprint density at radius 1 is 0.441 bits per heavy atom. The second-order valence-corrected chi connectivity index (χ2v) is 18.6. The first-order valence-corrected chi connectivity index (χ1v) is 27.0. The smallest absolute Gasteiger partial charge is 0.462 e. The van der Waals surface area contributed by atoms with E-state index in [0.717, 1.165) is 38.5 Å². The minimum atomic E-state index is -4.28. The zero-order valence-corrected chi connectivity index (χ0v) is 40.1. The van der Waals surface area contributed by atoms with Gasteiger partial charge in [-0.15, -0.1) is 0 Å². The summed E-state index contributed by atoms with van der Waals surface area (Å²) in [4.78, 5) is 34.9. The van der Waals surface area contributed by atoms with Crippen LogP contribution < -0.4 is 0 Å². The summed E-state index contributed by atoms with van der Waals surface area (Å²) >= 11 is 0. The van der Waals surface area contributed by atoms with Crippen molar-refractivity contribution in [3.05, 3.63) is 12.2 Å². The third-order valence-corrected chi connectivity index (χ3v) is 12.4. The first kappa shape index (κ1) is 57.8. The predicted octanol–water partition coefficient (Wildman–Crippen LogP) is 16.4. The molecule has 0 saturated carbocycles. The molecule has 2 atom stereocenters. The van der Waals surface area contributed by atoms with Crippen LogP contribution in [-0.2, 0) is 32.7 Å². The van der Waals surface area contributed by atoms with E-state index in [2.05, 4.69) is 26.0 Å². The molecule has 0 bridgehead atoms. The van der Waals surface area contributed by atoms with Gasteiger partial charge in [0.05, 0.1) is 13.2 Å². The SMILES string of the molecule is CCCCCCCCC/C=C\CCCCCCCCCC(=O)OC(COC(=O)CCCCCCCCCCCCCCCCCCCCCCC)COP(=O)(O)OCC. The molecule has 9 heteroatoms. The number of allylic oxidation sites excluding steroid dienone is 2. The zero-order valence-electron chi connectivity index (χ0n) is 39.2. The average molecular weight is 857 g/mol. The lowest BCUT2D eigenvalue weighted by Gasteiger charge is -2.19. The Morgan fingerprint density at radius 2 is 0.763 bits per heavy atom. The van der Waals surface area contributed by atoms with Crippen LogP contribution in [-0.4, -0.2) is 42.8 Å². The fourth-order valence-electron chi connectivity index (χ4n) is 7.57. The second kappa shape index (κ2) is 46.3. The second-order valence-electron chi connectivity index (χ2n) is 17.2. The van der Waals surface area contributed by atoms with Crippen molar-refractivity contribution < 1.29 is 37.6 Å². The van der Waals surface area contributed by atoms with Gasteiger partial charge in [-0.2, -0.15) is 0 Å². The summed E-state index contributed by atoms with van der Waals surface area (Å²) in [6.07, 6.45) is 51.3. The zero-order chi connectivity index (χ0) is 43.2. The van der Waals surface area contributed by atoms with Crippen molar-refractivity contribution in [2.75, 3.05) is 19.8 Å². The number of hydrogen-bond acceptors (Lipinski definition) is 7. The molecule has 0 aromatic carbocycles. The largest absolute Gasteiger partial charge is 0.472 e. The van der Waals surface area contributed by atoms with Crippen LogP contribution in [0.4, 0.5) is 0 Å². The van der Waals surface area contributed by atoms with Crippen LogP contribution in [0.2, 0.25) is 0 Å². The van der Waals surface area contributed by atoms with E-state index in [9.17, 15) is 19.0 Å². The van der Waals surface area contributed by atoms with Gasteiger partial charge in [-0.3, -0.25) is 18.6 Å². The molecule has 8 nitrogen and oxygen atoms in total. The quantitative estimate of drug-likeness (QED) is 0.0279. The number of carbonyl (C=O) groups is 2. The summed E-state index contributed by atoms with van der Waals surface area (Å²) in [7, 11) is -4.28. The van der Waals surface area contributed by atoms with Crippen molar-refractivity contribution in [2.45, 2.75) is 277 Å². The van der Waals surface area contributed by atoms with Gasteiger partial charge in [-0.05, 0) is 45.4 Å². The molecule has 0 fully saturated rings. The van der Waals surface area contributed by atoms with Crippen molar-refractivity contribution in [1.29, 1.82) is 0 Å². The van der Waals surface area contributed by atoms with Crippen molar-refractivity contribution >= 4 is 19.8 Å². The number of unbranched alkanes of at least 4 members (excludes halogenated alkanes) is 34. The van der Waals surface area contributed by atoms with E-state index in [0.29, 0.717) is 12.8 Å². The fraction of sp³-hybridized carbons (Fsp3) is 0.920. The maximum absolute atomic E-state index is 12.6. The molecule has 0 aliphatic heterocycles. The minimum absolute atomic E-state index is 0.00311. The highest BCUT2D eigenvalue weighted by Gasteiger charge is 2.25. The van der Waals surface area contributed by atoms with Gasteiger partial charge in [0, 0.05) is 12.8 Å². The first-order chi connectivity index (χ1) is 28.8. The number of phosphoric acid groups is 1. The van der Waals surface area contributed by atoms with E-state index in [-0.39, 0.29) is 32.2 Å². The molecular weight excluding hydrogens is 760 g/mol. The molecule has 0 aromatic heterocycles. The Bertz CT molecular complexity index is 973. The van der Waals surface area contributed by atoms with Crippen molar-refractivity contribution in [1.82, 2.24) is 0 Å². The average Bonchev–Trinajstić information content (AvgIpc) is 3.22. The van der Waals surface area contributed by atoms with E-state index in [1.165, 1.54) is 193 Å². The number of rotatable bonds is 48. The molecule has 0 heterocycles. The monoisotopic (exact) mass is 857 g/mol. The first-order valence-electron chi connectivity index (χ1n) is 25.5. The van der Waals surface area contributed by atoms with Gasteiger partial charge in [0.1, 0.15) is 6.61 Å². The highest BCUT2D eigenvalue weighted by atomic mass is 31.2. The van der Waals surface area contributed by atoms with Gasteiger partial charge in [-0.1, -0.05) is 225 Å². The summed E-state index contributed by atoms with van der Waals surface area (Å²) in [5.74, 6) is -0.785. The molecule has 0 aliphatic carbocycles. The molecule has 59 heavy (non-hydrogen) atoms. The molecule has 0 amide bonds. The topological polar surface area (TPSA) is 108 Å². The van der Waals surface area contributed by atoms with Gasteiger partial charge in [-0.25, -0.2) is 4.57 Å². The summed E-state index contributed by atoms with van der Waals surface area (Å²) in [6, 6.07) is 0. The lowest BCUT2D eigenvalue weighted by molar-refractivity contribution is -0.161. The molecule has 2 unspecified atom stereocenters. The fourth-order valence-corrected chi connectivity index (χ4v) is 8.32. The van der Waals surface area contributed by atoms with Crippen molar-refractivity contribution in [3.63, 3.8) is 0 Å². The van der Waals surface area contributed by atoms with E-state index >= 15 is 0 Å². The van der Waals surface area contributed by atoms with Gasteiger partial charge in [0.15, 0.2) is 6.10 Å².